The molecule has 0 saturated carbocycles. The van der Waals surface area contributed by atoms with E-state index in [-0.39, 0.29) is 54.9 Å². The first kappa shape index (κ1) is 38.0. The number of nitrogens with zero attached hydrogens (tertiary/aromatic N) is 2. The van der Waals surface area contributed by atoms with Gasteiger partial charge in [-0.3, -0.25) is 24.5 Å². The molecule has 3 heterocycles. The molecular formula is C30H39N6O13S+. The third-order valence-electron chi connectivity index (χ3n) is 9.04. The Bertz CT molecular complexity index is 1560. The standard InChI is InChI=1S/C30H38N6O13S/c1-16(31-27(42)30(12-5-4-11-24(39)40)25-20(15-50-30)33-28(43)34-25)7-6-10-22(37)32-19(13-17-8-2-3-9-21(17)35(46)47)18-14-23(38)36(48,26(18)41)49-29(44)45/h2-3,8-9,16,18-20,25,48H,4-7,10-15H2,1H3,(H5-,31,32,33,34,37,39,40,42,43,44,45)/p+1/t16?,18?,19?,20-,25-,30-,36?/m0/s1. The Labute approximate surface area is 289 Å². The lowest BCUT2D eigenvalue weighted by molar-refractivity contribution is -1.12. The van der Waals surface area contributed by atoms with Gasteiger partial charge >= 0.3 is 30.0 Å². The Morgan fingerprint density at radius 2 is 1.82 bits per heavy atom. The number of urea groups is 1. The molecule has 3 fully saturated rings. The summed E-state index contributed by atoms with van der Waals surface area (Å²) in [7, 11) is 0. The number of thioether (sulfide) groups is 1. The first-order chi connectivity index (χ1) is 23.6. The van der Waals surface area contributed by atoms with Crippen LogP contribution in [0.1, 0.15) is 63.9 Å². The van der Waals surface area contributed by atoms with Crippen LogP contribution in [0.5, 0.6) is 0 Å². The van der Waals surface area contributed by atoms with Crippen LogP contribution in [-0.4, -0.2) is 102 Å². The summed E-state index contributed by atoms with van der Waals surface area (Å²) in [6.45, 7) is 1.73. The maximum atomic E-state index is 13.7. The Hall–Kier alpha value is -4.82. The zero-order chi connectivity index (χ0) is 36.8. The van der Waals surface area contributed by atoms with E-state index >= 15 is 0 Å². The quantitative estimate of drug-likeness (QED) is 0.0227. The molecule has 1 aromatic carbocycles. The van der Waals surface area contributed by atoms with E-state index in [1.165, 1.54) is 36.0 Å². The molecule has 19 nitrogen and oxygen atoms in total. The number of aliphatic carboxylic acids is 1. The van der Waals surface area contributed by atoms with Crippen LogP contribution < -0.4 is 21.3 Å². The number of nitrogens with one attached hydrogen (secondary N) is 4. The summed E-state index contributed by atoms with van der Waals surface area (Å²) < 4.78 is -1.03. The maximum Gasteiger partial charge on any atom is 0.561 e. The van der Waals surface area contributed by atoms with E-state index in [0.29, 0.717) is 31.4 Å². The summed E-state index contributed by atoms with van der Waals surface area (Å²) in [5.41, 5.74) is -0.210. The first-order valence-electron chi connectivity index (χ1n) is 15.9. The number of carboxylic acid groups (broad SMARTS) is 2. The molecule has 50 heavy (non-hydrogen) atoms. The van der Waals surface area contributed by atoms with Gasteiger partial charge in [0.1, 0.15) is 15.5 Å². The number of carbonyl (C=O) groups is 7. The molecule has 0 aromatic heterocycles. The molecule has 3 aliphatic heterocycles. The molecule has 3 aliphatic rings. The number of hydrogen-bond acceptors (Lipinski definition) is 12. The van der Waals surface area contributed by atoms with Gasteiger partial charge in [-0.25, -0.2) is 14.4 Å². The van der Waals surface area contributed by atoms with E-state index < -0.39 is 74.8 Å². The fraction of sp³-hybridized carbons (Fsp3) is 0.567. The topological polar surface area (TPSA) is 281 Å². The Morgan fingerprint density at radius 1 is 1.10 bits per heavy atom. The largest absolute Gasteiger partial charge is 0.561 e. The molecule has 0 spiro atoms. The zero-order valence-electron chi connectivity index (χ0n) is 27.0. The highest BCUT2D eigenvalue weighted by molar-refractivity contribution is 8.01. The van der Waals surface area contributed by atoms with Gasteiger partial charge in [0.2, 0.25) is 11.8 Å². The number of carboxylic acids is 1. The molecule has 272 valence electrons. The molecule has 0 bridgehead atoms. The van der Waals surface area contributed by atoms with Crippen molar-refractivity contribution < 1.29 is 63.6 Å². The minimum Gasteiger partial charge on any atom is -0.481 e. The number of carbonyl (C=O) groups excluding carboxylic acids is 5. The lowest BCUT2D eigenvalue weighted by atomic mass is 9.88. The predicted octanol–water partition coefficient (Wildman–Crippen LogP) is 1.37. The normalized spacial score (nSPS) is 26.7. The van der Waals surface area contributed by atoms with E-state index in [1.54, 1.807) is 6.92 Å². The van der Waals surface area contributed by atoms with Gasteiger partial charge in [-0.05, 0) is 32.6 Å². The Balaban J connectivity index is 1.40. The number of imide groups is 1. The van der Waals surface area contributed by atoms with E-state index in [2.05, 4.69) is 26.1 Å². The van der Waals surface area contributed by atoms with Crippen LogP contribution in [0.4, 0.5) is 15.3 Å². The van der Waals surface area contributed by atoms with E-state index in [0.717, 1.165) is 0 Å². The van der Waals surface area contributed by atoms with Gasteiger partial charge in [0.05, 0.1) is 23.4 Å². The Kier molecular flexibility index (Phi) is 12.0. The number of para-hydroxylation sites is 1. The van der Waals surface area contributed by atoms with Gasteiger partial charge in [0.25, 0.3) is 5.69 Å². The minimum atomic E-state index is -2.48. The van der Waals surface area contributed by atoms with Crippen molar-refractivity contribution in [3.05, 3.63) is 39.9 Å². The number of nitro groups is 1. The number of nitro benzene ring substituents is 1. The third-order valence-corrected chi connectivity index (χ3v) is 10.7. The highest BCUT2D eigenvalue weighted by atomic mass is 32.2. The van der Waals surface area contributed by atoms with Crippen LogP contribution >= 0.6 is 11.8 Å². The smallest absolute Gasteiger partial charge is 0.481 e. The van der Waals surface area contributed by atoms with Crippen LogP contribution in [0.3, 0.4) is 0 Å². The lowest BCUT2D eigenvalue weighted by Gasteiger charge is -2.33. The van der Waals surface area contributed by atoms with Crippen molar-refractivity contribution in [1.29, 1.82) is 0 Å². The number of quaternary nitrogens is 1. The SMILES string of the molecule is CC(CCCC(=O)NC(Cc1ccccc1[N+](=O)[O-])C1CC(=O)[N+](O)(OC(=O)O)C1=O)NC(=O)[C@@]1(CCCCC(=O)O)SC[C@@H]2NC(=O)N[C@@H]21. The molecule has 7 atom stereocenters. The summed E-state index contributed by atoms with van der Waals surface area (Å²) >= 11 is 1.39. The van der Waals surface area contributed by atoms with E-state index in [4.69, 9.17) is 10.2 Å². The molecule has 4 unspecified atom stereocenters. The fourth-order valence-corrected chi connectivity index (χ4v) is 8.22. The second kappa shape index (κ2) is 15.8. The van der Waals surface area contributed by atoms with Crippen molar-refractivity contribution in [3.8, 4) is 0 Å². The van der Waals surface area contributed by atoms with E-state index in [9.17, 15) is 48.9 Å². The molecule has 3 saturated heterocycles. The van der Waals surface area contributed by atoms with Crippen LogP contribution in [0.15, 0.2) is 24.3 Å². The molecule has 7 N–H and O–H groups in total. The Morgan fingerprint density at radius 3 is 2.50 bits per heavy atom. The third kappa shape index (κ3) is 8.48. The van der Waals surface area contributed by atoms with Crippen LogP contribution in [0.25, 0.3) is 0 Å². The molecule has 20 heteroatoms. The summed E-state index contributed by atoms with van der Waals surface area (Å²) in [4.78, 5) is 99.2. The van der Waals surface area contributed by atoms with Crippen LogP contribution in [0, 0.1) is 16.0 Å². The number of amides is 6. The van der Waals surface area contributed by atoms with Crippen molar-refractivity contribution in [2.75, 3.05) is 5.75 Å². The zero-order valence-corrected chi connectivity index (χ0v) is 27.8. The number of unbranched alkanes of at least 4 members (excludes halogenated alkanes) is 1. The molecule has 1 aromatic rings. The molecule has 0 aliphatic carbocycles. The maximum absolute atomic E-state index is 13.7. The second-order valence-corrected chi connectivity index (χ2v) is 13.9. The predicted molar refractivity (Wildman–Crippen MR) is 170 cm³/mol. The lowest BCUT2D eigenvalue weighted by Crippen LogP contribution is -2.57. The van der Waals surface area contributed by atoms with E-state index in [1.807, 2.05) is 0 Å². The highest BCUT2D eigenvalue weighted by Gasteiger charge is 2.63. The first-order valence-corrected chi connectivity index (χ1v) is 16.9. The average Bonchev–Trinajstić information content (AvgIpc) is 3.64. The van der Waals surface area contributed by atoms with Gasteiger partial charge in [-0.1, -0.05) is 24.6 Å². The second-order valence-electron chi connectivity index (χ2n) is 12.5. The number of hydrogen-bond donors (Lipinski definition) is 7. The van der Waals surface area contributed by atoms with Crippen LogP contribution in [0.2, 0.25) is 0 Å². The minimum absolute atomic E-state index is 0.0516. The highest BCUT2D eigenvalue weighted by Crippen LogP contribution is 2.44. The van der Waals surface area contributed by atoms with Gasteiger partial charge in [0, 0.05) is 48.7 Å². The average molecular weight is 724 g/mol. The molecule has 0 radical (unpaired) electrons. The van der Waals surface area contributed by atoms with Gasteiger partial charge in [0.15, 0.2) is 0 Å². The van der Waals surface area contributed by atoms with Crippen molar-refractivity contribution in [2.24, 2.45) is 5.92 Å². The van der Waals surface area contributed by atoms with Crippen LogP contribution in [-0.2, 0) is 35.2 Å². The van der Waals surface area contributed by atoms with Gasteiger partial charge < -0.3 is 31.5 Å². The number of hydroxylamine groups is 4. The van der Waals surface area contributed by atoms with Gasteiger partial charge in [-0.2, -0.15) is 14.8 Å². The summed E-state index contributed by atoms with van der Waals surface area (Å²) in [6, 6.07) is 2.67. The summed E-state index contributed by atoms with van der Waals surface area (Å²) in [5, 5.41) is 51.2. The fourth-order valence-electron chi connectivity index (χ4n) is 6.58. The summed E-state index contributed by atoms with van der Waals surface area (Å²) in [6.07, 6.45) is -1.63. The number of benzene rings is 1. The van der Waals surface area contributed by atoms with Crippen molar-refractivity contribution in [3.63, 3.8) is 0 Å². The van der Waals surface area contributed by atoms with Crippen molar-refractivity contribution >= 4 is 59.2 Å². The number of rotatable bonds is 17. The molecule has 4 rings (SSSR count). The van der Waals surface area contributed by atoms with Gasteiger partial charge in [-0.15, -0.1) is 11.8 Å². The number of fused-ring (bicyclic) bond motifs is 1. The molecule has 6 amide bonds. The van der Waals surface area contributed by atoms with Crippen molar-refractivity contribution in [2.45, 2.75) is 93.6 Å². The monoisotopic (exact) mass is 723 g/mol. The molecular weight excluding hydrogens is 684 g/mol. The van der Waals surface area contributed by atoms with Crippen molar-refractivity contribution in [1.82, 2.24) is 21.3 Å². The summed E-state index contributed by atoms with van der Waals surface area (Å²) in [5.74, 6) is -5.54.